The molecule has 0 saturated carbocycles. The number of nitrogens with zero attached hydrogens (tertiary/aromatic N) is 1. The molecule has 0 aliphatic heterocycles. The molecule has 0 heterocycles. The fourth-order valence-corrected chi connectivity index (χ4v) is 2.78. The molecule has 0 atom stereocenters. The fraction of sp³-hybridized carbons (Fsp3) is 0.160. The van der Waals surface area contributed by atoms with Crippen LogP contribution in [0.4, 0.5) is 0 Å². The molecule has 3 rings (SSSR count). The van der Waals surface area contributed by atoms with Crippen LogP contribution >= 0.6 is 0 Å². The summed E-state index contributed by atoms with van der Waals surface area (Å²) >= 11 is 0. The standard InChI is InChI=1S/C25H24N2O6/c1-3-31-23-15-18(13-14-22(23)33-25(29)19-9-5-4-6-10-19)16-26-27-24(28)17-32-21-12-8-7-11-20(21)30-2/h4-16H,3,17H2,1-2H3,(H,27,28). The number of carbonyl (C=O) groups is 2. The number of rotatable bonds is 10. The summed E-state index contributed by atoms with van der Waals surface area (Å²) in [5, 5.41) is 3.94. The summed E-state index contributed by atoms with van der Waals surface area (Å²) in [7, 11) is 1.52. The molecule has 8 nitrogen and oxygen atoms in total. The van der Waals surface area contributed by atoms with Crippen LogP contribution in [0.2, 0.25) is 0 Å². The van der Waals surface area contributed by atoms with Gasteiger partial charge < -0.3 is 18.9 Å². The molecule has 1 N–H and O–H groups in total. The van der Waals surface area contributed by atoms with Crippen molar-refractivity contribution in [3.63, 3.8) is 0 Å². The number of hydrazone groups is 1. The number of hydrogen-bond donors (Lipinski definition) is 1. The number of nitrogens with one attached hydrogen (secondary N) is 1. The number of esters is 1. The third-order valence-corrected chi connectivity index (χ3v) is 4.31. The maximum atomic E-state index is 12.3. The topological polar surface area (TPSA) is 95.5 Å². The quantitative estimate of drug-likeness (QED) is 0.219. The van der Waals surface area contributed by atoms with Crippen molar-refractivity contribution in [3.8, 4) is 23.0 Å². The lowest BCUT2D eigenvalue weighted by molar-refractivity contribution is -0.123. The minimum atomic E-state index is -0.486. The van der Waals surface area contributed by atoms with Gasteiger partial charge in [-0.3, -0.25) is 4.79 Å². The van der Waals surface area contributed by atoms with Crippen LogP contribution in [0.3, 0.4) is 0 Å². The van der Waals surface area contributed by atoms with E-state index in [1.165, 1.54) is 13.3 Å². The molecule has 0 aliphatic carbocycles. The number of carbonyl (C=O) groups excluding carboxylic acids is 2. The zero-order chi connectivity index (χ0) is 23.5. The first-order valence-electron chi connectivity index (χ1n) is 10.2. The zero-order valence-corrected chi connectivity index (χ0v) is 18.3. The third-order valence-electron chi connectivity index (χ3n) is 4.31. The number of para-hydroxylation sites is 2. The molecule has 0 aromatic heterocycles. The van der Waals surface area contributed by atoms with Crippen LogP contribution in [0.5, 0.6) is 23.0 Å². The van der Waals surface area contributed by atoms with E-state index in [-0.39, 0.29) is 12.4 Å². The average Bonchev–Trinajstić information content (AvgIpc) is 2.85. The largest absolute Gasteiger partial charge is 0.493 e. The second kappa shape index (κ2) is 11.9. The zero-order valence-electron chi connectivity index (χ0n) is 18.3. The Balaban J connectivity index is 1.59. The first kappa shape index (κ1) is 23.3. The van der Waals surface area contributed by atoms with Gasteiger partial charge in [-0.05, 0) is 55.0 Å². The number of hydrogen-bond acceptors (Lipinski definition) is 7. The normalized spacial score (nSPS) is 10.5. The molecular formula is C25H24N2O6. The molecule has 3 aromatic carbocycles. The predicted octanol–water partition coefficient (Wildman–Crippen LogP) is 3.84. The third kappa shape index (κ3) is 6.83. The van der Waals surface area contributed by atoms with Crippen molar-refractivity contribution < 1.29 is 28.5 Å². The monoisotopic (exact) mass is 448 g/mol. The van der Waals surface area contributed by atoms with Gasteiger partial charge in [0.05, 0.1) is 25.5 Å². The van der Waals surface area contributed by atoms with Crippen molar-refractivity contribution in [2.24, 2.45) is 5.10 Å². The van der Waals surface area contributed by atoms with Crippen molar-refractivity contribution >= 4 is 18.1 Å². The smallest absolute Gasteiger partial charge is 0.343 e. The van der Waals surface area contributed by atoms with Gasteiger partial charge in [-0.25, -0.2) is 10.2 Å². The van der Waals surface area contributed by atoms with Gasteiger partial charge in [-0.2, -0.15) is 5.10 Å². The summed E-state index contributed by atoms with van der Waals surface area (Å²) < 4.78 is 21.7. The van der Waals surface area contributed by atoms with Crippen molar-refractivity contribution in [1.82, 2.24) is 5.43 Å². The van der Waals surface area contributed by atoms with Gasteiger partial charge in [-0.15, -0.1) is 0 Å². The molecular weight excluding hydrogens is 424 g/mol. The number of benzene rings is 3. The van der Waals surface area contributed by atoms with E-state index in [4.69, 9.17) is 18.9 Å². The molecule has 0 radical (unpaired) electrons. The van der Waals surface area contributed by atoms with Gasteiger partial charge in [0, 0.05) is 0 Å². The van der Waals surface area contributed by atoms with E-state index in [1.807, 2.05) is 13.0 Å². The molecule has 0 saturated heterocycles. The van der Waals surface area contributed by atoms with Crippen LogP contribution < -0.4 is 24.4 Å². The fourth-order valence-electron chi connectivity index (χ4n) is 2.78. The van der Waals surface area contributed by atoms with E-state index in [1.54, 1.807) is 66.7 Å². The molecule has 0 fully saturated rings. The Labute approximate surface area is 191 Å². The second-order valence-corrected chi connectivity index (χ2v) is 6.63. The minimum Gasteiger partial charge on any atom is -0.493 e. The summed E-state index contributed by atoms with van der Waals surface area (Å²) in [5.41, 5.74) is 3.47. The SMILES string of the molecule is CCOc1cc(C=NNC(=O)COc2ccccc2OC)ccc1OC(=O)c1ccccc1. The van der Waals surface area contributed by atoms with Crippen LogP contribution in [-0.2, 0) is 4.79 Å². The van der Waals surface area contributed by atoms with Crippen molar-refractivity contribution in [2.45, 2.75) is 6.92 Å². The summed E-state index contributed by atoms with van der Waals surface area (Å²) in [6.45, 7) is 1.98. The Hall–Kier alpha value is -4.33. The number of methoxy groups -OCH3 is 1. The van der Waals surface area contributed by atoms with Crippen LogP contribution in [0.1, 0.15) is 22.8 Å². The van der Waals surface area contributed by atoms with Gasteiger partial charge in [0.1, 0.15) is 0 Å². The van der Waals surface area contributed by atoms with Crippen LogP contribution in [0.15, 0.2) is 77.9 Å². The van der Waals surface area contributed by atoms with Crippen LogP contribution in [-0.4, -0.2) is 38.4 Å². The van der Waals surface area contributed by atoms with Crippen molar-refractivity contribution in [2.75, 3.05) is 20.3 Å². The summed E-state index contributed by atoms with van der Waals surface area (Å²) in [6.07, 6.45) is 1.45. The van der Waals surface area contributed by atoms with Gasteiger partial charge in [0.2, 0.25) is 0 Å². The van der Waals surface area contributed by atoms with Gasteiger partial charge in [-0.1, -0.05) is 30.3 Å². The Kier molecular flexibility index (Phi) is 8.41. The summed E-state index contributed by atoms with van der Waals surface area (Å²) in [6, 6.07) is 20.7. The van der Waals surface area contributed by atoms with E-state index in [0.29, 0.717) is 35.0 Å². The molecule has 8 heteroatoms. The van der Waals surface area contributed by atoms with Gasteiger partial charge >= 0.3 is 5.97 Å². The van der Waals surface area contributed by atoms with E-state index in [2.05, 4.69) is 10.5 Å². The minimum absolute atomic E-state index is 0.226. The first-order chi connectivity index (χ1) is 16.1. The molecule has 170 valence electrons. The van der Waals surface area contributed by atoms with Crippen LogP contribution in [0, 0.1) is 0 Å². The van der Waals surface area contributed by atoms with Crippen molar-refractivity contribution in [3.05, 3.63) is 83.9 Å². The molecule has 0 bridgehead atoms. The lowest BCUT2D eigenvalue weighted by atomic mass is 10.2. The lowest BCUT2D eigenvalue weighted by Gasteiger charge is -2.11. The molecule has 0 spiro atoms. The Morgan fingerprint density at radius 1 is 0.879 bits per heavy atom. The maximum absolute atomic E-state index is 12.3. The highest BCUT2D eigenvalue weighted by atomic mass is 16.6. The van der Waals surface area contributed by atoms with Gasteiger partial charge in [0.25, 0.3) is 5.91 Å². The second-order valence-electron chi connectivity index (χ2n) is 6.63. The first-order valence-corrected chi connectivity index (χ1v) is 10.2. The molecule has 0 unspecified atom stereocenters. The van der Waals surface area contributed by atoms with Crippen LogP contribution in [0.25, 0.3) is 0 Å². The number of amides is 1. The van der Waals surface area contributed by atoms with E-state index >= 15 is 0 Å². The van der Waals surface area contributed by atoms with Crippen molar-refractivity contribution in [1.29, 1.82) is 0 Å². The molecule has 1 amide bonds. The van der Waals surface area contributed by atoms with E-state index in [9.17, 15) is 9.59 Å². The van der Waals surface area contributed by atoms with Gasteiger partial charge in [0.15, 0.2) is 29.6 Å². The summed E-state index contributed by atoms with van der Waals surface area (Å²) in [4.78, 5) is 24.3. The molecule has 33 heavy (non-hydrogen) atoms. The molecule has 0 aliphatic rings. The molecule has 3 aromatic rings. The predicted molar refractivity (Wildman–Crippen MR) is 123 cm³/mol. The number of ether oxygens (including phenoxy) is 4. The highest BCUT2D eigenvalue weighted by Crippen LogP contribution is 2.29. The highest BCUT2D eigenvalue weighted by molar-refractivity contribution is 5.91. The van der Waals surface area contributed by atoms with E-state index < -0.39 is 11.9 Å². The maximum Gasteiger partial charge on any atom is 0.343 e. The lowest BCUT2D eigenvalue weighted by Crippen LogP contribution is -2.24. The Morgan fingerprint density at radius 3 is 2.33 bits per heavy atom. The average molecular weight is 448 g/mol. The summed E-state index contributed by atoms with van der Waals surface area (Å²) in [5.74, 6) is 0.746. The Morgan fingerprint density at radius 2 is 1.61 bits per heavy atom. The highest BCUT2D eigenvalue weighted by Gasteiger charge is 2.13. The van der Waals surface area contributed by atoms with E-state index in [0.717, 1.165) is 0 Å². The Bertz CT molecular complexity index is 1110.